The molecule has 0 atom stereocenters. The number of carbonyl (C=O) groups excluding carboxylic acids is 2. The van der Waals surface area contributed by atoms with E-state index in [1.165, 1.54) is 6.07 Å². The number of nitrogens with one attached hydrogen (secondary N) is 1. The smallest absolute Gasteiger partial charge is 0.321 e. The minimum atomic E-state index is -0.388. The Hall–Kier alpha value is -4.79. The summed E-state index contributed by atoms with van der Waals surface area (Å²) in [7, 11) is 3.18. The summed E-state index contributed by atoms with van der Waals surface area (Å²) in [6.45, 7) is 3.37. The van der Waals surface area contributed by atoms with Crippen molar-refractivity contribution in [2.75, 3.05) is 45.7 Å². The van der Waals surface area contributed by atoms with Crippen molar-refractivity contribution in [3.05, 3.63) is 95.9 Å². The Labute approximate surface area is 232 Å². The van der Waals surface area contributed by atoms with Crippen LogP contribution in [0.1, 0.15) is 16.1 Å². The fraction of sp³-hybridized carbons (Fsp3) is 0.226. The van der Waals surface area contributed by atoms with E-state index < -0.39 is 0 Å². The minimum Gasteiger partial charge on any atom is -0.497 e. The lowest BCUT2D eigenvalue weighted by atomic mass is 10.1. The number of ether oxygens (including phenoxy) is 2. The SMILES string of the molecule is COc1ccc(NC(=O)N2CCN(C(=O)c3cc(-c4cccc(OC)c4)n(-c4ccccc4F)c3C)CC2)cc1. The molecule has 0 unspecified atom stereocenters. The molecule has 40 heavy (non-hydrogen) atoms. The van der Waals surface area contributed by atoms with E-state index in [4.69, 9.17) is 9.47 Å². The number of rotatable bonds is 6. The average Bonchev–Trinajstić information content (AvgIpc) is 3.34. The molecular weight excluding hydrogens is 511 g/mol. The van der Waals surface area contributed by atoms with Crippen molar-refractivity contribution in [3.63, 3.8) is 0 Å². The number of benzene rings is 3. The molecule has 4 aromatic rings. The number of urea groups is 1. The van der Waals surface area contributed by atoms with Crippen molar-refractivity contribution < 1.29 is 23.5 Å². The van der Waals surface area contributed by atoms with Crippen molar-refractivity contribution in [2.45, 2.75) is 6.92 Å². The molecule has 9 heteroatoms. The molecule has 3 aromatic carbocycles. The van der Waals surface area contributed by atoms with Crippen LogP contribution >= 0.6 is 0 Å². The van der Waals surface area contributed by atoms with Crippen molar-refractivity contribution in [2.24, 2.45) is 0 Å². The Bertz CT molecular complexity index is 1520. The Morgan fingerprint density at radius 1 is 0.800 bits per heavy atom. The van der Waals surface area contributed by atoms with Crippen LogP contribution in [0, 0.1) is 12.7 Å². The summed E-state index contributed by atoms with van der Waals surface area (Å²) in [4.78, 5) is 30.0. The fourth-order valence-electron chi connectivity index (χ4n) is 4.92. The van der Waals surface area contributed by atoms with Gasteiger partial charge in [0.1, 0.15) is 17.3 Å². The molecule has 0 spiro atoms. The van der Waals surface area contributed by atoms with Crippen molar-refractivity contribution in [1.29, 1.82) is 0 Å². The van der Waals surface area contributed by atoms with Gasteiger partial charge in [0.2, 0.25) is 0 Å². The summed E-state index contributed by atoms with van der Waals surface area (Å²) < 4.78 is 27.3. The Morgan fingerprint density at radius 2 is 1.48 bits per heavy atom. The predicted octanol–water partition coefficient (Wildman–Crippen LogP) is 5.60. The number of nitrogens with zero attached hydrogens (tertiary/aromatic N) is 3. The highest BCUT2D eigenvalue weighted by molar-refractivity contribution is 5.98. The molecule has 0 saturated carbocycles. The van der Waals surface area contributed by atoms with Gasteiger partial charge in [-0.15, -0.1) is 0 Å². The van der Waals surface area contributed by atoms with Crippen molar-refractivity contribution in [1.82, 2.24) is 14.4 Å². The number of hydrogen-bond donors (Lipinski definition) is 1. The van der Waals surface area contributed by atoms with Gasteiger partial charge >= 0.3 is 6.03 Å². The molecule has 1 N–H and O–H groups in total. The summed E-state index contributed by atoms with van der Waals surface area (Å²) in [5, 5.41) is 2.89. The predicted molar refractivity (Wildman–Crippen MR) is 152 cm³/mol. The van der Waals surface area contributed by atoms with E-state index in [1.807, 2.05) is 37.3 Å². The number of anilines is 1. The molecule has 1 aliphatic rings. The van der Waals surface area contributed by atoms with Crippen LogP contribution in [0.5, 0.6) is 11.5 Å². The largest absolute Gasteiger partial charge is 0.497 e. The third-order valence-corrected chi connectivity index (χ3v) is 7.13. The van der Waals surface area contributed by atoms with Gasteiger partial charge in [0.05, 0.1) is 31.2 Å². The number of aromatic nitrogens is 1. The first-order chi connectivity index (χ1) is 19.4. The van der Waals surface area contributed by atoms with Crippen LogP contribution in [-0.2, 0) is 0 Å². The molecule has 0 radical (unpaired) electrons. The van der Waals surface area contributed by atoms with Crippen molar-refractivity contribution >= 4 is 17.6 Å². The fourth-order valence-corrected chi connectivity index (χ4v) is 4.92. The van der Waals surface area contributed by atoms with E-state index in [1.54, 1.807) is 71.1 Å². The Kier molecular flexibility index (Phi) is 7.72. The second-order valence-electron chi connectivity index (χ2n) is 9.49. The maximum absolute atomic E-state index is 15.0. The summed E-state index contributed by atoms with van der Waals surface area (Å²) in [6.07, 6.45) is 0. The van der Waals surface area contributed by atoms with Crippen LogP contribution in [0.2, 0.25) is 0 Å². The van der Waals surface area contributed by atoms with Crippen LogP contribution < -0.4 is 14.8 Å². The zero-order valence-corrected chi connectivity index (χ0v) is 22.7. The number of halogens is 1. The number of methoxy groups -OCH3 is 2. The number of piperazine rings is 1. The van der Waals surface area contributed by atoms with Crippen LogP contribution in [-0.4, -0.2) is 66.7 Å². The second-order valence-corrected chi connectivity index (χ2v) is 9.49. The zero-order valence-electron chi connectivity index (χ0n) is 22.7. The van der Waals surface area contributed by atoms with E-state index in [-0.39, 0.29) is 17.8 Å². The molecule has 1 aliphatic heterocycles. The second kappa shape index (κ2) is 11.5. The summed E-state index contributed by atoms with van der Waals surface area (Å²) in [5.74, 6) is 0.819. The number of para-hydroxylation sites is 1. The highest BCUT2D eigenvalue weighted by Crippen LogP contribution is 2.33. The lowest BCUT2D eigenvalue weighted by Gasteiger charge is -2.34. The first-order valence-corrected chi connectivity index (χ1v) is 13.0. The van der Waals surface area contributed by atoms with Crippen LogP contribution in [0.15, 0.2) is 78.9 Å². The Balaban J connectivity index is 1.37. The molecule has 206 valence electrons. The number of carbonyl (C=O) groups is 2. The third-order valence-electron chi connectivity index (χ3n) is 7.13. The van der Waals surface area contributed by atoms with Gasteiger partial charge in [-0.3, -0.25) is 4.79 Å². The van der Waals surface area contributed by atoms with E-state index in [0.29, 0.717) is 66.0 Å². The van der Waals surface area contributed by atoms with Crippen molar-refractivity contribution in [3.8, 4) is 28.4 Å². The maximum Gasteiger partial charge on any atom is 0.321 e. The molecule has 5 rings (SSSR count). The Morgan fingerprint density at radius 3 is 2.15 bits per heavy atom. The van der Waals surface area contributed by atoms with Gasteiger partial charge in [-0.2, -0.15) is 0 Å². The number of hydrogen-bond acceptors (Lipinski definition) is 4. The van der Waals surface area contributed by atoms with Gasteiger partial charge in [0, 0.05) is 43.1 Å². The van der Waals surface area contributed by atoms with E-state index >= 15 is 0 Å². The maximum atomic E-state index is 15.0. The summed E-state index contributed by atoms with van der Waals surface area (Å²) in [6, 6.07) is 22.7. The van der Waals surface area contributed by atoms with Gasteiger partial charge in [-0.25, -0.2) is 9.18 Å². The van der Waals surface area contributed by atoms with Crippen LogP contribution in [0.4, 0.5) is 14.9 Å². The molecule has 1 saturated heterocycles. The van der Waals surface area contributed by atoms with Gasteiger partial charge in [-0.1, -0.05) is 24.3 Å². The van der Waals surface area contributed by atoms with E-state index in [0.717, 1.165) is 5.56 Å². The van der Waals surface area contributed by atoms with Crippen LogP contribution in [0.3, 0.4) is 0 Å². The standard InChI is InChI=1S/C31H31FN4O4/c1-21-26(20-29(22-7-6-8-25(19-22)40-3)36(21)28-10-5-4-9-27(28)32)30(37)34-15-17-35(18-16-34)31(38)33-23-11-13-24(39-2)14-12-23/h4-14,19-20H,15-18H2,1-3H3,(H,33,38). The molecule has 2 heterocycles. The minimum absolute atomic E-state index is 0.160. The first kappa shape index (κ1) is 26.8. The zero-order chi connectivity index (χ0) is 28.2. The summed E-state index contributed by atoms with van der Waals surface area (Å²) >= 11 is 0. The van der Waals surface area contributed by atoms with E-state index in [9.17, 15) is 14.0 Å². The van der Waals surface area contributed by atoms with Gasteiger partial charge in [0.25, 0.3) is 5.91 Å². The highest BCUT2D eigenvalue weighted by atomic mass is 19.1. The molecule has 1 aromatic heterocycles. The molecule has 3 amide bonds. The summed E-state index contributed by atoms with van der Waals surface area (Å²) in [5.41, 5.74) is 3.62. The molecule has 8 nitrogen and oxygen atoms in total. The lowest BCUT2D eigenvalue weighted by molar-refractivity contribution is 0.0671. The number of amides is 3. The lowest BCUT2D eigenvalue weighted by Crippen LogP contribution is -2.51. The van der Waals surface area contributed by atoms with Gasteiger partial charge < -0.3 is 29.2 Å². The van der Waals surface area contributed by atoms with E-state index in [2.05, 4.69) is 5.32 Å². The monoisotopic (exact) mass is 542 g/mol. The highest BCUT2D eigenvalue weighted by Gasteiger charge is 2.28. The van der Waals surface area contributed by atoms with Crippen LogP contribution in [0.25, 0.3) is 16.9 Å². The molecular formula is C31H31FN4O4. The van der Waals surface area contributed by atoms with Gasteiger partial charge in [0.15, 0.2) is 0 Å². The quantitative estimate of drug-likeness (QED) is 0.344. The third kappa shape index (κ3) is 5.36. The molecule has 0 bridgehead atoms. The topological polar surface area (TPSA) is 76.0 Å². The average molecular weight is 543 g/mol. The normalized spacial score (nSPS) is 13.2. The molecule has 0 aliphatic carbocycles. The first-order valence-electron chi connectivity index (χ1n) is 13.0. The molecule has 1 fully saturated rings. The van der Waals surface area contributed by atoms with Gasteiger partial charge in [-0.05, 0) is 61.5 Å².